The Morgan fingerprint density at radius 2 is 2.20 bits per heavy atom. The molecule has 1 aromatic rings. The van der Waals surface area contributed by atoms with Gasteiger partial charge in [0.1, 0.15) is 0 Å². The second-order valence-electron chi connectivity index (χ2n) is 4.94. The predicted octanol–water partition coefficient (Wildman–Crippen LogP) is 1.52. The van der Waals surface area contributed by atoms with Crippen LogP contribution in [0.3, 0.4) is 0 Å². The molecule has 0 aromatic heterocycles. The van der Waals surface area contributed by atoms with Crippen molar-refractivity contribution in [3.8, 4) is 0 Å². The van der Waals surface area contributed by atoms with Gasteiger partial charge in [-0.1, -0.05) is 11.6 Å². The van der Waals surface area contributed by atoms with Gasteiger partial charge in [0, 0.05) is 30.8 Å². The summed E-state index contributed by atoms with van der Waals surface area (Å²) >= 11 is 5.91. The predicted molar refractivity (Wildman–Crippen MR) is 78.6 cm³/mol. The maximum absolute atomic E-state index is 12.5. The molecule has 1 aliphatic heterocycles. The lowest BCUT2D eigenvalue weighted by Crippen LogP contribution is -2.45. The van der Waals surface area contributed by atoms with E-state index in [2.05, 4.69) is 5.32 Å². The zero-order chi connectivity index (χ0) is 14.7. The summed E-state index contributed by atoms with van der Waals surface area (Å²) in [5, 5.41) is 3.11. The van der Waals surface area contributed by atoms with Crippen LogP contribution in [-0.4, -0.2) is 36.9 Å². The van der Waals surface area contributed by atoms with E-state index < -0.39 is 0 Å². The number of rotatable bonds is 2. The second kappa shape index (κ2) is 6.13. The lowest BCUT2D eigenvalue weighted by Gasteiger charge is -2.32. The summed E-state index contributed by atoms with van der Waals surface area (Å²) in [6, 6.07) is 4.84. The van der Waals surface area contributed by atoms with Crippen molar-refractivity contribution in [2.24, 2.45) is 5.92 Å². The first kappa shape index (κ1) is 14.7. The Bertz CT molecular complexity index is 533. The zero-order valence-electron chi connectivity index (χ0n) is 11.4. The van der Waals surface area contributed by atoms with E-state index in [1.54, 1.807) is 30.1 Å². The first-order chi connectivity index (χ1) is 9.52. The minimum atomic E-state index is -0.168. The normalized spacial score (nSPS) is 18.7. The van der Waals surface area contributed by atoms with Crippen molar-refractivity contribution in [1.29, 1.82) is 0 Å². The molecule has 2 amide bonds. The number of nitrogens with zero attached hydrogens (tertiary/aromatic N) is 1. The van der Waals surface area contributed by atoms with Crippen LogP contribution in [-0.2, 0) is 4.79 Å². The quantitative estimate of drug-likeness (QED) is 0.812. The van der Waals surface area contributed by atoms with E-state index in [0.717, 1.165) is 12.8 Å². The van der Waals surface area contributed by atoms with Crippen LogP contribution in [0, 0.1) is 5.92 Å². The molecule has 20 heavy (non-hydrogen) atoms. The number of carbonyl (C=O) groups is 2. The smallest absolute Gasteiger partial charge is 0.256 e. The average Bonchev–Trinajstić information content (AvgIpc) is 2.48. The molecule has 2 rings (SSSR count). The van der Waals surface area contributed by atoms with Crippen LogP contribution in [0.2, 0.25) is 5.02 Å². The molecule has 0 spiro atoms. The molecule has 0 bridgehead atoms. The minimum absolute atomic E-state index is 0.0263. The SMILES string of the molecule is CNC(=O)C1CCCN(C(=O)c2cc(Cl)ccc2N)C1. The Labute approximate surface area is 123 Å². The molecule has 5 nitrogen and oxygen atoms in total. The van der Waals surface area contributed by atoms with E-state index in [1.807, 2.05) is 0 Å². The number of nitrogens with one attached hydrogen (secondary N) is 1. The maximum Gasteiger partial charge on any atom is 0.256 e. The number of likely N-dealkylation sites (tertiary alicyclic amines) is 1. The van der Waals surface area contributed by atoms with Gasteiger partial charge in [0.05, 0.1) is 11.5 Å². The Morgan fingerprint density at radius 3 is 2.90 bits per heavy atom. The van der Waals surface area contributed by atoms with Crippen molar-refractivity contribution in [2.75, 3.05) is 25.9 Å². The molecule has 1 saturated heterocycles. The first-order valence-corrected chi connectivity index (χ1v) is 6.96. The van der Waals surface area contributed by atoms with Gasteiger partial charge < -0.3 is 16.0 Å². The highest BCUT2D eigenvalue weighted by molar-refractivity contribution is 6.31. The molecule has 108 valence electrons. The highest BCUT2D eigenvalue weighted by atomic mass is 35.5. The number of nitrogens with two attached hydrogens (primary N) is 1. The van der Waals surface area contributed by atoms with Crippen molar-refractivity contribution in [3.05, 3.63) is 28.8 Å². The van der Waals surface area contributed by atoms with Gasteiger partial charge in [-0.25, -0.2) is 0 Å². The van der Waals surface area contributed by atoms with Crippen LogP contribution >= 0.6 is 11.6 Å². The molecule has 1 fully saturated rings. The zero-order valence-corrected chi connectivity index (χ0v) is 12.1. The number of halogens is 1. The number of nitrogen functional groups attached to an aromatic ring is 1. The van der Waals surface area contributed by atoms with E-state index in [0.29, 0.717) is 29.4 Å². The summed E-state index contributed by atoms with van der Waals surface area (Å²) in [6.45, 7) is 1.06. The fourth-order valence-corrected chi connectivity index (χ4v) is 2.64. The van der Waals surface area contributed by atoms with Gasteiger partial charge in [0.15, 0.2) is 0 Å². The van der Waals surface area contributed by atoms with E-state index in [-0.39, 0.29) is 17.7 Å². The third kappa shape index (κ3) is 3.04. The van der Waals surface area contributed by atoms with E-state index in [1.165, 1.54) is 0 Å². The topological polar surface area (TPSA) is 75.4 Å². The van der Waals surface area contributed by atoms with Gasteiger partial charge in [-0.2, -0.15) is 0 Å². The molecule has 1 aliphatic rings. The largest absolute Gasteiger partial charge is 0.398 e. The van der Waals surface area contributed by atoms with Gasteiger partial charge in [0.2, 0.25) is 5.91 Å². The first-order valence-electron chi connectivity index (χ1n) is 6.59. The van der Waals surface area contributed by atoms with Crippen molar-refractivity contribution >= 4 is 29.1 Å². The fourth-order valence-electron chi connectivity index (χ4n) is 2.46. The lowest BCUT2D eigenvalue weighted by molar-refractivity contribution is -0.125. The number of hydrogen-bond acceptors (Lipinski definition) is 3. The van der Waals surface area contributed by atoms with Crippen LogP contribution in [0.25, 0.3) is 0 Å². The van der Waals surface area contributed by atoms with E-state index in [9.17, 15) is 9.59 Å². The van der Waals surface area contributed by atoms with Crippen molar-refractivity contribution in [2.45, 2.75) is 12.8 Å². The van der Waals surface area contributed by atoms with E-state index >= 15 is 0 Å². The van der Waals surface area contributed by atoms with Crippen LogP contribution in [0.1, 0.15) is 23.2 Å². The van der Waals surface area contributed by atoms with Crippen molar-refractivity contribution in [1.82, 2.24) is 10.2 Å². The Morgan fingerprint density at radius 1 is 1.45 bits per heavy atom. The lowest BCUT2D eigenvalue weighted by atomic mass is 9.96. The third-order valence-corrected chi connectivity index (χ3v) is 3.81. The van der Waals surface area contributed by atoms with Gasteiger partial charge in [-0.3, -0.25) is 9.59 Å². The summed E-state index contributed by atoms with van der Waals surface area (Å²) in [4.78, 5) is 25.9. The summed E-state index contributed by atoms with van der Waals surface area (Å²) in [7, 11) is 1.61. The molecule has 6 heteroatoms. The summed E-state index contributed by atoms with van der Waals surface area (Å²) in [5.74, 6) is -0.349. The van der Waals surface area contributed by atoms with Crippen LogP contribution in [0.4, 0.5) is 5.69 Å². The third-order valence-electron chi connectivity index (χ3n) is 3.57. The molecule has 1 heterocycles. The minimum Gasteiger partial charge on any atom is -0.398 e. The molecule has 3 N–H and O–H groups in total. The van der Waals surface area contributed by atoms with Gasteiger partial charge >= 0.3 is 0 Å². The van der Waals surface area contributed by atoms with Gasteiger partial charge in [-0.15, -0.1) is 0 Å². The summed E-state index contributed by atoms with van der Waals surface area (Å²) in [5.41, 5.74) is 6.63. The molecule has 0 radical (unpaired) electrons. The molecular formula is C14H18ClN3O2. The van der Waals surface area contributed by atoms with Gasteiger partial charge in [0.25, 0.3) is 5.91 Å². The number of benzene rings is 1. The molecule has 0 aliphatic carbocycles. The monoisotopic (exact) mass is 295 g/mol. The fraction of sp³-hybridized carbons (Fsp3) is 0.429. The molecule has 1 atom stereocenters. The summed E-state index contributed by atoms with van der Waals surface area (Å²) < 4.78 is 0. The highest BCUT2D eigenvalue weighted by Gasteiger charge is 2.29. The number of hydrogen-bond donors (Lipinski definition) is 2. The number of amides is 2. The molecular weight excluding hydrogens is 278 g/mol. The maximum atomic E-state index is 12.5. The average molecular weight is 296 g/mol. The second-order valence-corrected chi connectivity index (χ2v) is 5.37. The molecule has 0 saturated carbocycles. The Balaban J connectivity index is 2.16. The number of piperidine rings is 1. The van der Waals surface area contributed by atoms with Crippen molar-refractivity contribution in [3.63, 3.8) is 0 Å². The highest BCUT2D eigenvalue weighted by Crippen LogP contribution is 2.23. The molecule has 1 aromatic carbocycles. The van der Waals surface area contributed by atoms with Crippen molar-refractivity contribution < 1.29 is 9.59 Å². The Kier molecular flexibility index (Phi) is 4.49. The standard InChI is InChI=1S/C14H18ClN3O2/c1-17-13(19)9-3-2-6-18(8-9)14(20)11-7-10(15)4-5-12(11)16/h4-5,7,9H,2-3,6,8,16H2,1H3,(H,17,19). The summed E-state index contributed by atoms with van der Waals surface area (Å²) in [6.07, 6.45) is 1.61. The van der Waals surface area contributed by atoms with Crippen LogP contribution < -0.4 is 11.1 Å². The van der Waals surface area contributed by atoms with E-state index in [4.69, 9.17) is 17.3 Å². The van der Waals surface area contributed by atoms with Crippen LogP contribution in [0.15, 0.2) is 18.2 Å². The number of carbonyl (C=O) groups excluding carboxylic acids is 2. The molecule has 1 unspecified atom stereocenters. The van der Waals surface area contributed by atoms with Gasteiger partial charge in [-0.05, 0) is 31.0 Å². The Hall–Kier alpha value is -1.75. The van der Waals surface area contributed by atoms with Crippen LogP contribution in [0.5, 0.6) is 0 Å². The number of anilines is 1.